The molecule has 1 atom stereocenters. The first-order chi connectivity index (χ1) is 7.36. The summed E-state index contributed by atoms with van der Waals surface area (Å²) in [5, 5.41) is 17.3. The van der Waals surface area contributed by atoms with Crippen molar-refractivity contribution in [3.63, 3.8) is 0 Å². The Balaban J connectivity index is 3.37. The summed E-state index contributed by atoms with van der Waals surface area (Å²) in [6, 6.07) is 0.972. The number of alkyl halides is 2. The molecule has 0 aromatic heterocycles. The van der Waals surface area contributed by atoms with Crippen molar-refractivity contribution >= 4 is 5.97 Å². The number of carboxylic acid groups (broad SMARTS) is 1. The van der Waals surface area contributed by atoms with E-state index in [0.29, 0.717) is 12.1 Å². The lowest BCUT2D eigenvalue weighted by Gasteiger charge is -2.11. The number of aliphatic hydroxyl groups excluding tert-OH is 1. The fraction of sp³-hybridized carbons (Fsp3) is 0.222. The number of aliphatic hydroxyl groups is 1. The maximum Gasteiger partial charge on any atom is 0.337 e. The Morgan fingerprint density at radius 1 is 1.25 bits per heavy atom. The van der Waals surface area contributed by atoms with Gasteiger partial charge in [-0.05, 0) is 12.1 Å². The number of aliphatic carboxylic acids is 1. The molecule has 0 heterocycles. The Morgan fingerprint density at radius 2 is 1.81 bits per heavy atom. The molecule has 0 aliphatic carbocycles. The standard InChI is InChI=1S/C9H6F4O3/c10-4-2-1-3(8(12)13)6(11)5(4)7(14)9(15)16/h1-2,7-8,14H,(H,15,16). The maximum atomic E-state index is 13.3. The smallest absolute Gasteiger partial charge is 0.337 e. The molecule has 1 rings (SSSR count). The average molecular weight is 238 g/mol. The Morgan fingerprint density at radius 3 is 2.25 bits per heavy atom. The largest absolute Gasteiger partial charge is 0.479 e. The predicted molar refractivity (Wildman–Crippen MR) is 43.9 cm³/mol. The second-order valence-corrected chi connectivity index (χ2v) is 2.91. The summed E-state index contributed by atoms with van der Waals surface area (Å²) in [6.07, 6.45) is -5.74. The lowest BCUT2D eigenvalue weighted by molar-refractivity contribution is -0.147. The molecule has 3 nitrogen and oxygen atoms in total. The molecule has 0 aliphatic heterocycles. The number of halogens is 4. The molecule has 0 amide bonds. The lowest BCUT2D eigenvalue weighted by Crippen LogP contribution is -2.15. The zero-order valence-corrected chi connectivity index (χ0v) is 7.62. The average Bonchev–Trinajstić information content (AvgIpc) is 2.16. The predicted octanol–water partition coefficient (Wildman–Crippen LogP) is 2.02. The first-order valence-electron chi connectivity index (χ1n) is 4.03. The van der Waals surface area contributed by atoms with Crippen molar-refractivity contribution in [2.45, 2.75) is 12.5 Å². The summed E-state index contributed by atoms with van der Waals surface area (Å²) >= 11 is 0. The van der Waals surface area contributed by atoms with Crippen LogP contribution in [0.15, 0.2) is 12.1 Å². The van der Waals surface area contributed by atoms with E-state index in [2.05, 4.69) is 0 Å². The van der Waals surface area contributed by atoms with E-state index in [1.54, 1.807) is 0 Å². The van der Waals surface area contributed by atoms with Crippen molar-refractivity contribution in [2.75, 3.05) is 0 Å². The van der Waals surface area contributed by atoms with Gasteiger partial charge >= 0.3 is 5.97 Å². The van der Waals surface area contributed by atoms with Crippen LogP contribution in [0.1, 0.15) is 23.7 Å². The Hall–Kier alpha value is -1.63. The molecule has 0 aliphatic rings. The van der Waals surface area contributed by atoms with Crippen molar-refractivity contribution in [3.8, 4) is 0 Å². The third-order valence-corrected chi connectivity index (χ3v) is 1.90. The van der Waals surface area contributed by atoms with E-state index in [-0.39, 0.29) is 0 Å². The molecule has 7 heteroatoms. The fourth-order valence-corrected chi connectivity index (χ4v) is 1.13. The van der Waals surface area contributed by atoms with E-state index in [0.717, 1.165) is 0 Å². The van der Waals surface area contributed by atoms with Gasteiger partial charge in [-0.3, -0.25) is 0 Å². The van der Waals surface area contributed by atoms with Crippen LogP contribution in [0.3, 0.4) is 0 Å². The second-order valence-electron chi connectivity index (χ2n) is 2.91. The molecular weight excluding hydrogens is 232 g/mol. The molecule has 0 spiro atoms. The summed E-state index contributed by atoms with van der Waals surface area (Å²) in [5.41, 5.74) is -2.44. The third-order valence-electron chi connectivity index (χ3n) is 1.90. The van der Waals surface area contributed by atoms with Gasteiger partial charge in [-0.15, -0.1) is 0 Å². The topological polar surface area (TPSA) is 57.5 Å². The number of carbonyl (C=O) groups is 1. The maximum absolute atomic E-state index is 13.3. The van der Waals surface area contributed by atoms with Crippen molar-refractivity contribution < 1.29 is 32.6 Å². The van der Waals surface area contributed by atoms with Gasteiger partial charge in [0.1, 0.15) is 11.6 Å². The normalized spacial score (nSPS) is 12.9. The summed E-state index contributed by atoms with van der Waals surface area (Å²) < 4.78 is 50.7. The number of hydrogen-bond acceptors (Lipinski definition) is 2. The Labute approximate surface area is 86.9 Å². The van der Waals surface area contributed by atoms with E-state index in [1.807, 2.05) is 0 Å². The second kappa shape index (κ2) is 4.48. The number of carboxylic acids is 1. The zero-order valence-electron chi connectivity index (χ0n) is 7.62. The highest BCUT2D eigenvalue weighted by atomic mass is 19.3. The molecule has 88 valence electrons. The quantitative estimate of drug-likeness (QED) is 0.792. The molecule has 1 aromatic carbocycles. The first-order valence-corrected chi connectivity index (χ1v) is 4.03. The minimum Gasteiger partial charge on any atom is -0.479 e. The Bertz CT molecular complexity index is 419. The lowest BCUT2D eigenvalue weighted by atomic mass is 10.0. The monoisotopic (exact) mass is 238 g/mol. The Kier molecular flexibility index (Phi) is 3.48. The van der Waals surface area contributed by atoms with Crippen molar-refractivity contribution in [1.82, 2.24) is 0 Å². The van der Waals surface area contributed by atoms with Crippen LogP contribution in [-0.2, 0) is 4.79 Å². The van der Waals surface area contributed by atoms with Gasteiger partial charge in [0.2, 0.25) is 0 Å². The van der Waals surface area contributed by atoms with Gasteiger partial charge in [-0.1, -0.05) is 0 Å². The minimum atomic E-state index is -3.22. The van der Waals surface area contributed by atoms with Crippen LogP contribution in [-0.4, -0.2) is 16.2 Å². The molecule has 0 saturated carbocycles. The van der Waals surface area contributed by atoms with Crippen LogP contribution in [0, 0.1) is 11.6 Å². The fourth-order valence-electron chi connectivity index (χ4n) is 1.13. The summed E-state index contributed by atoms with van der Waals surface area (Å²) in [6.45, 7) is 0. The summed E-state index contributed by atoms with van der Waals surface area (Å²) in [5.74, 6) is -5.06. The molecule has 0 saturated heterocycles. The zero-order chi connectivity index (χ0) is 12.5. The highest BCUT2D eigenvalue weighted by Crippen LogP contribution is 2.29. The molecule has 2 N–H and O–H groups in total. The van der Waals surface area contributed by atoms with Crippen LogP contribution < -0.4 is 0 Å². The van der Waals surface area contributed by atoms with Gasteiger partial charge in [0.15, 0.2) is 6.10 Å². The number of hydrogen-bond donors (Lipinski definition) is 2. The highest BCUT2D eigenvalue weighted by molar-refractivity contribution is 5.74. The molecule has 0 bridgehead atoms. The first kappa shape index (κ1) is 12.4. The molecule has 16 heavy (non-hydrogen) atoms. The van der Waals surface area contributed by atoms with Crippen molar-refractivity contribution in [1.29, 1.82) is 0 Å². The van der Waals surface area contributed by atoms with Crippen LogP contribution in [0.4, 0.5) is 17.6 Å². The third kappa shape index (κ3) is 2.13. The van der Waals surface area contributed by atoms with E-state index in [4.69, 9.17) is 10.2 Å². The molecule has 0 fully saturated rings. The molecule has 1 aromatic rings. The van der Waals surface area contributed by atoms with Gasteiger partial charge in [0, 0.05) is 0 Å². The number of rotatable bonds is 3. The van der Waals surface area contributed by atoms with Crippen molar-refractivity contribution in [2.24, 2.45) is 0 Å². The molecule has 0 radical (unpaired) electrons. The van der Waals surface area contributed by atoms with E-state index < -0.39 is 41.3 Å². The number of benzene rings is 1. The SMILES string of the molecule is O=C(O)C(O)c1c(F)ccc(C(F)F)c1F. The summed E-state index contributed by atoms with van der Waals surface area (Å²) in [4.78, 5) is 10.3. The van der Waals surface area contributed by atoms with Gasteiger partial charge in [0.05, 0.1) is 11.1 Å². The molecule has 1 unspecified atom stereocenters. The molecular formula is C9H6F4O3. The van der Waals surface area contributed by atoms with Gasteiger partial charge in [-0.25, -0.2) is 22.4 Å². The van der Waals surface area contributed by atoms with E-state index >= 15 is 0 Å². The van der Waals surface area contributed by atoms with E-state index in [1.165, 1.54) is 0 Å². The van der Waals surface area contributed by atoms with Gasteiger partial charge in [0.25, 0.3) is 6.43 Å². The van der Waals surface area contributed by atoms with Crippen LogP contribution >= 0.6 is 0 Å². The van der Waals surface area contributed by atoms with Crippen LogP contribution in [0.2, 0.25) is 0 Å². The van der Waals surface area contributed by atoms with Crippen LogP contribution in [0.5, 0.6) is 0 Å². The summed E-state index contributed by atoms with van der Waals surface area (Å²) in [7, 11) is 0. The van der Waals surface area contributed by atoms with Crippen LogP contribution in [0.25, 0.3) is 0 Å². The highest BCUT2D eigenvalue weighted by Gasteiger charge is 2.28. The van der Waals surface area contributed by atoms with Crippen molar-refractivity contribution in [3.05, 3.63) is 34.9 Å². The van der Waals surface area contributed by atoms with Gasteiger partial charge < -0.3 is 10.2 Å². The van der Waals surface area contributed by atoms with Gasteiger partial charge in [-0.2, -0.15) is 0 Å². The minimum absolute atomic E-state index is 0.478. The van der Waals surface area contributed by atoms with E-state index in [9.17, 15) is 22.4 Å².